The Bertz CT molecular complexity index is 743. The summed E-state index contributed by atoms with van der Waals surface area (Å²) in [5.41, 5.74) is 1.80. The summed E-state index contributed by atoms with van der Waals surface area (Å²) in [5, 5.41) is 9.41. The number of hydrogen-bond acceptors (Lipinski definition) is 5. The summed E-state index contributed by atoms with van der Waals surface area (Å²) in [6, 6.07) is 4.88. The average Bonchev–Trinajstić information content (AvgIpc) is 3.03. The van der Waals surface area contributed by atoms with Gasteiger partial charge < -0.3 is 20.1 Å². The molecule has 0 fully saturated rings. The van der Waals surface area contributed by atoms with Gasteiger partial charge in [-0.05, 0) is 24.6 Å². The van der Waals surface area contributed by atoms with Crippen molar-refractivity contribution in [3.63, 3.8) is 0 Å². The Labute approximate surface area is 178 Å². The third-order valence-corrected chi connectivity index (χ3v) is 4.29. The van der Waals surface area contributed by atoms with E-state index in [1.54, 1.807) is 30.5 Å². The van der Waals surface area contributed by atoms with Crippen LogP contribution in [0.2, 0.25) is 0 Å². The molecule has 0 aliphatic rings. The molecule has 10 heteroatoms. The highest BCUT2D eigenvalue weighted by atomic mass is 127. The number of nitrogens with one attached hydrogen (secondary N) is 2. The molecule has 0 aliphatic carbocycles. The van der Waals surface area contributed by atoms with Crippen molar-refractivity contribution in [3.05, 3.63) is 39.8 Å². The van der Waals surface area contributed by atoms with Crippen LogP contribution in [0.25, 0.3) is 0 Å². The van der Waals surface area contributed by atoms with Gasteiger partial charge in [0.25, 0.3) is 0 Å². The van der Waals surface area contributed by atoms with E-state index in [4.69, 9.17) is 4.74 Å². The minimum atomic E-state index is -2.91. The SMILES string of the molecule is CN=C(NCCc1csc(C)n1)NCc1ccc(OC)c(OC(F)F)c1.I. The number of halogens is 3. The van der Waals surface area contributed by atoms with Crippen LogP contribution in [0, 0.1) is 6.92 Å². The quantitative estimate of drug-likeness (QED) is 0.322. The average molecular weight is 512 g/mol. The molecule has 0 amide bonds. The van der Waals surface area contributed by atoms with Gasteiger partial charge in [-0.3, -0.25) is 4.99 Å². The molecule has 150 valence electrons. The van der Waals surface area contributed by atoms with E-state index in [2.05, 4.69) is 25.3 Å². The van der Waals surface area contributed by atoms with Crippen LogP contribution in [-0.4, -0.2) is 38.3 Å². The lowest BCUT2D eigenvalue weighted by molar-refractivity contribution is -0.0512. The Morgan fingerprint density at radius 2 is 2.07 bits per heavy atom. The zero-order valence-electron chi connectivity index (χ0n) is 15.3. The van der Waals surface area contributed by atoms with Gasteiger partial charge in [-0.25, -0.2) is 4.98 Å². The van der Waals surface area contributed by atoms with Crippen LogP contribution in [0.3, 0.4) is 0 Å². The third kappa shape index (κ3) is 7.83. The first-order chi connectivity index (χ1) is 12.5. The lowest BCUT2D eigenvalue weighted by atomic mass is 10.2. The molecule has 2 N–H and O–H groups in total. The molecule has 0 radical (unpaired) electrons. The van der Waals surface area contributed by atoms with E-state index < -0.39 is 6.61 Å². The highest BCUT2D eigenvalue weighted by Gasteiger charge is 2.11. The monoisotopic (exact) mass is 512 g/mol. The molecule has 0 saturated heterocycles. The van der Waals surface area contributed by atoms with E-state index in [0.29, 0.717) is 19.0 Å². The summed E-state index contributed by atoms with van der Waals surface area (Å²) in [5.74, 6) is 0.878. The Hall–Kier alpha value is -1.69. The van der Waals surface area contributed by atoms with E-state index in [-0.39, 0.29) is 35.5 Å². The van der Waals surface area contributed by atoms with Gasteiger partial charge in [0.1, 0.15) is 0 Å². The first kappa shape index (κ1) is 23.3. The van der Waals surface area contributed by atoms with Crippen LogP contribution in [-0.2, 0) is 13.0 Å². The Kier molecular flexibility index (Phi) is 10.3. The maximum atomic E-state index is 12.5. The van der Waals surface area contributed by atoms with Crippen LogP contribution in [0.1, 0.15) is 16.3 Å². The van der Waals surface area contributed by atoms with Crippen LogP contribution in [0.5, 0.6) is 11.5 Å². The number of methoxy groups -OCH3 is 1. The molecule has 0 spiro atoms. The molecule has 0 atom stereocenters. The second-order valence-corrected chi connectivity index (χ2v) is 6.39. The smallest absolute Gasteiger partial charge is 0.387 e. The molecule has 2 rings (SSSR count). The van der Waals surface area contributed by atoms with Gasteiger partial charge in [0.2, 0.25) is 0 Å². The van der Waals surface area contributed by atoms with E-state index in [1.165, 1.54) is 13.2 Å². The Balaban J connectivity index is 0.00000364. The number of aromatic nitrogens is 1. The van der Waals surface area contributed by atoms with Gasteiger partial charge in [0, 0.05) is 31.9 Å². The fourth-order valence-corrected chi connectivity index (χ4v) is 2.90. The van der Waals surface area contributed by atoms with E-state index in [0.717, 1.165) is 22.7 Å². The first-order valence-corrected chi connectivity index (χ1v) is 8.87. The summed E-state index contributed by atoms with van der Waals surface area (Å²) < 4.78 is 34.5. The zero-order chi connectivity index (χ0) is 18.9. The van der Waals surface area contributed by atoms with Crippen LogP contribution >= 0.6 is 35.3 Å². The predicted octanol–water partition coefficient (Wildman–Crippen LogP) is 3.59. The number of rotatable bonds is 8. The number of guanidine groups is 1. The van der Waals surface area contributed by atoms with Crippen molar-refractivity contribution in [1.82, 2.24) is 15.6 Å². The largest absolute Gasteiger partial charge is 0.493 e. The lowest BCUT2D eigenvalue weighted by Crippen LogP contribution is -2.37. The predicted molar refractivity (Wildman–Crippen MR) is 114 cm³/mol. The standard InChI is InChI=1S/C17H22F2N4O2S.HI/c1-11-23-13(10-26-11)6-7-21-17(20-2)22-9-12-4-5-14(24-3)15(8-12)25-16(18)19;/h4-5,8,10,16H,6-7,9H2,1-3H3,(H2,20,21,22);1H. The number of alkyl halides is 2. The topological polar surface area (TPSA) is 67.8 Å². The van der Waals surface area contributed by atoms with Gasteiger partial charge >= 0.3 is 6.61 Å². The number of ether oxygens (including phenoxy) is 2. The first-order valence-electron chi connectivity index (χ1n) is 7.99. The van der Waals surface area contributed by atoms with Gasteiger partial charge in [-0.1, -0.05) is 6.07 Å². The number of benzene rings is 1. The molecule has 1 aromatic heterocycles. The van der Waals surface area contributed by atoms with Gasteiger partial charge in [0.15, 0.2) is 17.5 Å². The molecule has 0 aliphatic heterocycles. The maximum Gasteiger partial charge on any atom is 0.387 e. The van der Waals surface area contributed by atoms with Gasteiger partial charge in [-0.2, -0.15) is 8.78 Å². The fraction of sp³-hybridized carbons (Fsp3) is 0.412. The number of hydrogen-bond donors (Lipinski definition) is 2. The second-order valence-electron chi connectivity index (χ2n) is 5.32. The van der Waals surface area contributed by atoms with E-state index >= 15 is 0 Å². The molecule has 0 unspecified atom stereocenters. The summed E-state index contributed by atoms with van der Waals surface area (Å²) in [6.07, 6.45) is 0.792. The number of aliphatic imine (C=N–C) groups is 1. The van der Waals surface area contributed by atoms with Crippen molar-refractivity contribution in [2.75, 3.05) is 20.7 Å². The molecule has 0 bridgehead atoms. The molecule has 27 heavy (non-hydrogen) atoms. The van der Waals surface area contributed by atoms with Crippen LogP contribution in [0.15, 0.2) is 28.6 Å². The van der Waals surface area contributed by atoms with Crippen molar-refractivity contribution in [1.29, 1.82) is 0 Å². The number of aryl methyl sites for hydroxylation is 1. The Morgan fingerprint density at radius 3 is 2.67 bits per heavy atom. The highest BCUT2D eigenvalue weighted by molar-refractivity contribution is 14.0. The van der Waals surface area contributed by atoms with Crippen molar-refractivity contribution in [2.24, 2.45) is 4.99 Å². The zero-order valence-corrected chi connectivity index (χ0v) is 18.4. The van der Waals surface area contributed by atoms with Crippen molar-refractivity contribution >= 4 is 41.3 Å². The van der Waals surface area contributed by atoms with Gasteiger partial charge in [-0.15, -0.1) is 35.3 Å². The molecule has 2 aromatic rings. The molecular weight excluding hydrogens is 489 g/mol. The molecule has 0 saturated carbocycles. The number of nitrogens with zero attached hydrogens (tertiary/aromatic N) is 2. The third-order valence-electron chi connectivity index (χ3n) is 3.47. The van der Waals surface area contributed by atoms with Crippen molar-refractivity contribution in [2.45, 2.75) is 26.5 Å². The fourth-order valence-electron chi connectivity index (χ4n) is 2.26. The normalized spacial score (nSPS) is 11.1. The van der Waals surface area contributed by atoms with Crippen LogP contribution < -0.4 is 20.1 Å². The second kappa shape index (κ2) is 11.9. The van der Waals surface area contributed by atoms with E-state index in [1.807, 2.05) is 12.3 Å². The van der Waals surface area contributed by atoms with Gasteiger partial charge in [0.05, 0.1) is 17.8 Å². The summed E-state index contributed by atoms with van der Waals surface area (Å²) in [7, 11) is 3.07. The minimum absolute atomic E-state index is 0. The Morgan fingerprint density at radius 1 is 1.30 bits per heavy atom. The molecule has 6 nitrogen and oxygen atoms in total. The van der Waals surface area contributed by atoms with E-state index in [9.17, 15) is 8.78 Å². The molecule has 1 heterocycles. The van der Waals surface area contributed by atoms with Crippen LogP contribution in [0.4, 0.5) is 8.78 Å². The van der Waals surface area contributed by atoms with Crippen molar-refractivity contribution < 1.29 is 18.3 Å². The minimum Gasteiger partial charge on any atom is -0.493 e. The summed E-state index contributed by atoms with van der Waals surface area (Å²) >= 11 is 1.62. The lowest BCUT2D eigenvalue weighted by Gasteiger charge is -2.14. The highest BCUT2D eigenvalue weighted by Crippen LogP contribution is 2.29. The number of thiazole rings is 1. The molecule has 1 aromatic carbocycles. The summed E-state index contributed by atoms with van der Waals surface area (Å²) in [6.45, 7) is 0.156. The molecular formula is C17H23F2IN4O2S. The van der Waals surface area contributed by atoms with Crippen molar-refractivity contribution in [3.8, 4) is 11.5 Å². The summed E-state index contributed by atoms with van der Waals surface area (Å²) in [4.78, 5) is 8.55. The maximum absolute atomic E-state index is 12.5.